The number of carbonyl (C=O) groups excluding carboxylic acids is 3. The molecule has 2 aromatic rings. The number of ketones is 1. The van der Waals surface area contributed by atoms with Gasteiger partial charge in [0.1, 0.15) is 12.3 Å². The molecule has 0 radical (unpaired) electrons. The van der Waals surface area contributed by atoms with E-state index in [1.54, 1.807) is 37.3 Å². The molecular weight excluding hydrogens is 358 g/mol. The summed E-state index contributed by atoms with van der Waals surface area (Å²) >= 11 is 5.93. The van der Waals surface area contributed by atoms with Crippen LogP contribution in [0.5, 0.6) is 5.75 Å². The Kier molecular flexibility index (Phi) is 5.18. The van der Waals surface area contributed by atoms with Crippen LogP contribution in [0.2, 0.25) is 5.15 Å². The van der Waals surface area contributed by atoms with Crippen molar-refractivity contribution in [2.24, 2.45) is 0 Å². The Bertz CT molecular complexity index is 884. The lowest BCUT2D eigenvalue weighted by atomic mass is 10.1. The number of ether oxygens (including phenoxy) is 1. The van der Waals surface area contributed by atoms with Crippen LogP contribution in [0.15, 0.2) is 36.5 Å². The summed E-state index contributed by atoms with van der Waals surface area (Å²) < 4.78 is 5.39. The average molecular weight is 374 g/mol. The number of hydrogen-bond acceptors (Lipinski definition) is 5. The number of amides is 2. The van der Waals surface area contributed by atoms with Crippen molar-refractivity contribution >= 4 is 40.6 Å². The number of nitrogens with zero attached hydrogens (tertiary/aromatic N) is 2. The first-order valence-electron chi connectivity index (χ1n) is 8.00. The third-order valence-electron chi connectivity index (χ3n) is 3.88. The van der Waals surface area contributed by atoms with Gasteiger partial charge in [-0.3, -0.25) is 19.3 Å². The van der Waals surface area contributed by atoms with Gasteiger partial charge in [-0.05, 0) is 30.3 Å². The van der Waals surface area contributed by atoms with Gasteiger partial charge in [-0.25, -0.2) is 4.98 Å². The van der Waals surface area contributed by atoms with Gasteiger partial charge in [0.25, 0.3) is 5.91 Å². The van der Waals surface area contributed by atoms with E-state index in [0.717, 1.165) is 0 Å². The lowest BCUT2D eigenvalue weighted by Crippen LogP contribution is -2.43. The predicted octanol–water partition coefficient (Wildman–Crippen LogP) is 2.69. The average Bonchev–Trinajstić information content (AvgIpc) is 2.65. The monoisotopic (exact) mass is 373 g/mol. The van der Waals surface area contributed by atoms with Gasteiger partial charge in [0.15, 0.2) is 17.5 Å². The molecule has 0 atom stereocenters. The maximum Gasteiger partial charge on any atom is 0.265 e. The minimum Gasteiger partial charge on any atom is -0.482 e. The normalized spacial score (nSPS) is 13.0. The summed E-state index contributed by atoms with van der Waals surface area (Å²) in [6, 6.07) is 8.10. The van der Waals surface area contributed by atoms with Gasteiger partial charge in [0.2, 0.25) is 5.91 Å². The first kappa shape index (κ1) is 17.9. The zero-order chi connectivity index (χ0) is 18.7. The molecule has 8 heteroatoms. The number of carbonyl (C=O) groups is 3. The quantitative estimate of drug-likeness (QED) is 0.643. The van der Waals surface area contributed by atoms with Crippen LogP contribution in [-0.2, 0) is 9.59 Å². The third-order valence-corrected chi connectivity index (χ3v) is 4.18. The number of hydrogen-bond donors (Lipinski definition) is 1. The van der Waals surface area contributed by atoms with Gasteiger partial charge in [-0.15, -0.1) is 0 Å². The summed E-state index contributed by atoms with van der Waals surface area (Å²) in [5.41, 5.74) is 1.22. The van der Waals surface area contributed by atoms with Crippen LogP contribution in [0, 0.1) is 0 Å². The van der Waals surface area contributed by atoms with E-state index in [4.69, 9.17) is 16.3 Å². The van der Waals surface area contributed by atoms with Crippen LogP contribution in [0.25, 0.3) is 0 Å². The second-order valence-electron chi connectivity index (χ2n) is 5.62. The molecule has 0 aliphatic carbocycles. The minimum atomic E-state index is -0.437. The summed E-state index contributed by atoms with van der Waals surface area (Å²) in [5, 5.41) is 2.78. The number of halogens is 1. The van der Waals surface area contributed by atoms with E-state index in [-0.39, 0.29) is 30.0 Å². The van der Waals surface area contributed by atoms with E-state index < -0.39 is 5.91 Å². The molecule has 7 nitrogen and oxygen atoms in total. The Labute approximate surface area is 154 Å². The van der Waals surface area contributed by atoms with E-state index in [1.165, 1.54) is 11.1 Å². The number of pyridine rings is 1. The topological polar surface area (TPSA) is 88.6 Å². The van der Waals surface area contributed by atoms with Gasteiger partial charge in [-0.2, -0.15) is 0 Å². The highest BCUT2D eigenvalue weighted by Gasteiger charge is 2.28. The fourth-order valence-corrected chi connectivity index (χ4v) is 2.73. The molecule has 1 aliphatic heterocycles. The molecule has 0 saturated heterocycles. The first-order chi connectivity index (χ1) is 12.5. The zero-order valence-corrected chi connectivity index (χ0v) is 14.7. The Balaban J connectivity index is 1.84. The highest BCUT2D eigenvalue weighted by atomic mass is 35.5. The van der Waals surface area contributed by atoms with Gasteiger partial charge in [0.05, 0.1) is 11.4 Å². The molecule has 0 saturated carbocycles. The molecule has 26 heavy (non-hydrogen) atoms. The number of fused-ring (bicyclic) bond motifs is 1. The number of Topliss-reactive ketones (excluding diaryl/α,β-unsaturated/α-hetero) is 1. The Morgan fingerprint density at radius 1 is 1.35 bits per heavy atom. The number of benzene rings is 1. The van der Waals surface area contributed by atoms with Crippen molar-refractivity contribution in [3.63, 3.8) is 0 Å². The van der Waals surface area contributed by atoms with Crippen molar-refractivity contribution in [2.45, 2.75) is 13.3 Å². The molecule has 3 rings (SSSR count). The fourth-order valence-electron chi connectivity index (χ4n) is 2.57. The molecule has 1 aliphatic rings. The Morgan fingerprint density at radius 2 is 2.15 bits per heavy atom. The van der Waals surface area contributed by atoms with Gasteiger partial charge in [-0.1, -0.05) is 18.5 Å². The van der Waals surface area contributed by atoms with Gasteiger partial charge in [0, 0.05) is 18.2 Å². The SMILES string of the molecule is CCC(=O)c1ccc2c(c1)N(CC(=O)Nc1cccnc1Cl)C(=O)CO2. The minimum absolute atomic E-state index is 0.0580. The molecular formula is C18H16ClN3O4. The fraction of sp³-hybridized carbons (Fsp3) is 0.222. The lowest BCUT2D eigenvalue weighted by Gasteiger charge is -2.29. The standard InChI is InChI=1S/C18H16ClN3O4/c1-2-14(23)11-5-6-15-13(8-11)22(17(25)10-26-15)9-16(24)21-12-4-3-7-20-18(12)19/h3-8H,2,9-10H2,1H3,(H,21,24). The molecule has 0 spiro atoms. The van der Waals surface area contributed by atoms with Crippen LogP contribution < -0.4 is 15.0 Å². The van der Waals surface area contributed by atoms with E-state index in [2.05, 4.69) is 10.3 Å². The highest BCUT2D eigenvalue weighted by molar-refractivity contribution is 6.32. The molecule has 2 amide bonds. The van der Waals surface area contributed by atoms with E-state index in [9.17, 15) is 14.4 Å². The molecule has 1 aromatic heterocycles. The summed E-state index contributed by atoms with van der Waals surface area (Å²) in [6.45, 7) is 1.35. The molecule has 1 aromatic carbocycles. The smallest absolute Gasteiger partial charge is 0.265 e. The van der Waals surface area contributed by atoms with Crippen molar-refractivity contribution in [1.82, 2.24) is 4.98 Å². The maximum atomic E-state index is 12.4. The number of aromatic nitrogens is 1. The second-order valence-corrected chi connectivity index (χ2v) is 5.98. The maximum absolute atomic E-state index is 12.4. The Hall–Kier alpha value is -2.93. The van der Waals surface area contributed by atoms with Crippen LogP contribution in [0.3, 0.4) is 0 Å². The highest BCUT2D eigenvalue weighted by Crippen LogP contribution is 2.33. The van der Waals surface area contributed by atoms with Crippen molar-refractivity contribution in [3.8, 4) is 5.75 Å². The van der Waals surface area contributed by atoms with Crippen molar-refractivity contribution < 1.29 is 19.1 Å². The van der Waals surface area contributed by atoms with Gasteiger partial charge >= 0.3 is 0 Å². The Morgan fingerprint density at radius 3 is 2.88 bits per heavy atom. The third kappa shape index (κ3) is 3.67. The molecule has 0 bridgehead atoms. The molecule has 2 heterocycles. The van der Waals surface area contributed by atoms with Crippen LogP contribution in [-0.4, -0.2) is 35.7 Å². The molecule has 134 valence electrons. The molecule has 0 unspecified atom stereocenters. The summed E-state index contributed by atoms with van der Waals surface area (Å²) in [5.74, 6) is -0.416. The van der Waals surface area contributed by atoms with E-state index in [1.807, 2.05) is 0 Å². The van der Waals surface area contributed by atoms with Crippen LogP contribution >= 0.6 is 11.6 Å². The van der Waals surface area contributed by atoms with Crippen molar-refractivity contribution in [1.29, 1.82) is 0 Å². The summed E-state index contributed by atoms with van der Waals surface area (Å²) in [7, 11) is 0. The van der Waals surface area contributed by atoms with Gasteiger partial charge < -0.3 is 10.1 Å². The van der Waals surface area contributed by atoms with E-state index >= 15 is 0 Å². The number of nitrogens with one attached hydrogen (secondary N) is 1. The van der Waals surface area contributed by atoms with E-state index in [0.29, 0.717) is 29.1 Å². The van der Waals surface area contributed by atoms with Crippen molar-refractivity contribution in [2.75, 3.05) is 23.4 Å². The molecule has 1 N–H and O–H groups in total. The second kappa shape index (κ2) is 7.53. The predicted molar refractivity (Wildman–Crippen MR) is 96.8 cm³/mol. The van der Waals surface area contributed by atoms with Crippen LogP contribution in [0.4, 0.5) is 11.4 Å². The summed E-state index contributed by atoms with van der Waals surface area (Å²) in [6.07, 6.45) is 1.85. The van der Waals surface area contributed by atoms with Crippen LogP contribution in [0.1, 0.15) is 23.7 Å². The first-order valence-corrected chi connectivity index (χ1v) is 8.38. The summed E-state index contributed by atoms with van der Waals surface area (Å²) in [4.78, 5) is 41.7. The molecule has 0 fully saturated rings. The largest absolute Gasteiger partial charge is 0.482 e. The zero-order valence-electron chi connectivity index (χ0n) is 14.0. The lowest BCUT2D eigenvalue weighted by molar-refractivity contribution is -0.123. The number of anilines is 2. The van der Waals surface area contributed by atoms with Crippen molar-refractivity contribution in [3.05, 3.63) is 47.2 Å². The number of rotatable bonds is 5.